The zero-order valence-electron chi connectivity index (χ0n) is 12.7. The molecule has 0 fully saturated rings. The lowest BCUT2D eigenvalue weighted by atomic mass is 10.1. The van der Waals surface area contributed by atoms with E-state index in [1.54, 1.807) is 18.2 Å². The Hall–Kier alpha value is -2.89. The summed E-state index contributed by atoms with van der Waals surface area (Å²) in [6.07, 6.45) is 0.803. The number of benzene rings is 2. The molecule has 2 aromatic rings. The zero-order valence-corrected chi connectivity index (χ0v) is 12.7. The quantitative estimate of drug-likeness (QED) is 0.493. The molecule has 0 spiro atoms. The molecule has 0 aliphatic carbocycles. The fraction of sp³-hybridized carbons (Fsp3) is 0.235. The van der Waals surface area contributed by atoms with Gasteiger partial charge in [-0.05, 0) is 35.7 Å². The van der Waals surface area contributed by atoms with Gasteiger partial charge in [-0.3, -0.25) is 10.1 Å². The van der Waals surface area contributed by atoms with Gasteiger partial charge in [-0.2, -0.15) is 0 Å². The summed E-state index contributed by atoms with van der Waals surface area (Å²) < 4.78 is 4.68. The highest BCUT2D eigenvalue weighted by molar-refractivity contribution is 5.89. The van der Waals surface area contributed by atoms with Crippen molar-refractivity contribution in [1.82, 2.24) is 0 Å². The van der Waals surface area contributed by atoms with Crippen molar-refractivity contribution < 1.29 is 14.5 Å². The second-order valence-corrected chi connectivity index (χ2v) is 5.43. The van der Waals surface area contributed by atoms with Crippen LogP contribution >= 0.6 is 0 Å². The first kappa shape index (κ1) is 15.0. The van der Waals surface area contributed by atoms with Crippen LogP contribution in [-0.4, -0.2) is 24.5 Å². The number of esters is 1. The fourth-order valence-corrected chi connectivity index (χ4v) is 2.82. The largest absolute Gasteiger partial charge is 0.465 e. The third-order valence-corrected chi connectivity index (χ3v) is 4.01. The summed E-state index contributed by atoms with van der Waals surface area (Å²) in [5, 5.41) is 10.8. The number of methoxy groups -OCH3 is 1. The monoisotopic (exact) mass is 312 g/mol. The van der Waals surface area contributed by atoms with E-state index in [4.69, 9.17) is 0 Å². The normalized spacial score (nSPS) is 12.8. The number of nitro groups is 1. The van der Waals surface area contributed by atoms with Crippen LogP contribution in [0.5, 0.6) is 0 Å². The number of ether oxygens (including phenoxy) is 1. The van der Waals surface area contributed by atoms with Crippen molar-refractivity contribution >= 4 is 17.3 Å². The van der Waals surface area contributed by atoms with Crippen molar-refractivity contribution in [1.29, 1.82) is 0 Å². The minimum absolute atomic E-state index is 0.132. The van der Waals surface area contributed by atoms with Crippen LogP contribution in [0.1, 0.15) is 21.5 Å². The van der Waals surface area contributed by atoms with Gasteiger partial charge in [-0.15, -0.1) is 0 Å². The molecule has 0 unspecified atom stereocenters. The Labute approximate surface area is 133 Å². The third kappa shape index (κ3) is 3.01. The highest BCUT2D eigenvalue weighted by atomic mass is 16.6. The Morgan fingerprint density at radius 3 is 2.65 bits per heavy atom. The Balaban J connectivity index is 1.76. The molecule has 0 bridgehead atoms. The number of hydrogen-bond donors (Lipinski definition) is 0. The van der Waals surface area contributed by atoms with Gasteiger partial charge in [-0.25, -0.2) is 4.79 Å². The average Bonchev–Trinajstić information content (AvgIpc) is 2.97. The topological polar surface area (TPSA) is 72.7 Å². The number of nitro benzene ring substituents is 1. The Kier molecular flexibility index (Phi) is 3.97. The molecule has 1 aliphatic rings. The van der Waals surface area contributed by atoms with E-state index < -0.39 is 0 Å². The van der Waals surface area contributed by atoms with Gasteiger partial charge in [0.2, 0.25) is 0 Å². The summed E-state index contributed by atoms with van der Waals surface area (Å²) >= 11 is 0. The van der Waals surface area contributed by atoms with Crippen LogP contribution in [-0.2, 0) is 17.7 Å². The van der Waals surface area contributed by atoms with E-state index >= 15 is 0 Å². The maximum Gasteiger partial charge on any atom is 0.337 e. The standard InChI is InChI=1S/C17H16N2O4/c1-23-17(20)13-4-2-12(3-5-13)11-18-9-8-14-10-15(19(21)22)6-7-16(14)18/h2-7,10H,8-9,11H2,1H3. The molecule has 0 radical (unpaired) electrons. The summed E-state index contributed by atoms with van der Waals surface area (Å²) in [5.74, 6) is -0.352. The molecule has 0 N–H and O–H groups in total. The van der Waals surface area contributed by atoms with Crippen LogP contribution in [0.3, 0.4) is 0 Å². The molecular formula is C17H16N2O4. The van der Waals surface area contributed by atoms with Gasteiger partial charge in [0.15, 0.2) is 0 Å². The Bertz CT molecular complexity index is 756. The molecule has 1 aliphatic heterocycles. The van der Waals surface area contributed by atoms with Crippen molar-refractivity contribution in [3.8, 4) is 0 Å². The van der Waals surface area contributed by atoms with Crippen LogP contribution in [0, 0.1) is 10.1 Å². The van der Waals surface area contributed by atoms with E-state index in [1.165, 1.54) is 13.2 Å². The summed E-state index contributed by atoms with van der Waals surface area (Å²) in [4.78, 5) is 24.1. The van der Waals surface area contributed by atoms with E-state index in [9.17, 15) is 14.9 Å². The Morgan fingerprint density at radius 2 is 2.00 bits per heavy atom. The summed E-state index contributed by atoms with van der Waals surface area (Å²) in [6.45, 7) is 1.53. The van der Waals surface area contributed by atoms with Gasteiger partial charge in [0.05, 0.1) is 17.6 Å². The number of nitrogens with zero attached hydrogens (tertiary/aromatic N) is 2. The van der Waals surface area contributed by atoms with Gasteiger partial charge in [0.1, 0.15) is 0 Å². The fourth-order valence-electron chi connectivity index (χ4n) is 2.82. The molecule has 3 rings (SSSR count). The maximum atomic E-state index is 11.4. The van der Waals surface area contributed by atoms with E-state index in [2.05, 4.69) is 9.64 Å². The van der Waals surface area contributed by atoms with Crippen molar-refractivity contribution in [2.75, 3.05) is 18.6 Å². The molecule has 6 nitrogen and oxygen atoms in total. The highest BCUT2D eigenvalue weighted by Crippen LogP contribution is 2.32. The van der Waals surface area contributed by atoms with Crippen LogP contribution in [0.25, 0.3) is 0 Å². The molecular weight excluding hydrogens is 296 g/mol. The third-order valence-electron chi connectivity index (χ3n) is 4.01. The minimum Gasteiger partial charge on any atom is -0.465 e. The zero-order chi connectivity index (χ0) is 16.4. The lowest BCUT2D eigenvalue weighted by Gasteiger charge is -2.19. The molecule has 0 saturated carbocycles. The first-order valence-corrected chi connectivity index (χ1v) is 7.28. The van der Waals surface area contributed by atoms with Crippen molar-refractivity contribution in [2.24, 2.45) is 0 Å². The first-order valence-electron chi connectivity index (χ1n) is 7.28. The van der Waals surface area contributed by atoms with E-state index in [1.807, 2.05) is 18.2 Å². The summed E-state index contributed by atoms with van der Waals surface area (Å²) in [6, 6.07) is 12.3. The number of anilines is 1. The lowest BCUT2D eigenvalue weighted by molar-refractivity contribution is -0.384. The minimum atomic E-state index is -0.367. The van der Waals surface area contributed by atoms with Crippen LogP contribution < -0.4 is 4.90 Å². The van der Waals surface area contributed by atoms with Crippen molar-refractivity contribution in [3.05, 3.63) is 69.3 Å². The van der Waals surface area contributed by atoms with Crippen LogP contribution in [0.4, 0.5) is 11.4 Å². The van der Waals surface area contributed by atoms with Crippen LogP contribution in [0.15, 0.2) is 42.5 Å². The predicted molar refractivity (Wildman–Crippen MR) is 85.6 cm³/mol. The second kappa shape index (κ2) is 6.08. The molecule has 0 aromatic heterocycles. The number of fused-ring (bicyclic) bond motifs is 1. The number of rotatable bonds is 4. The number of non-ortho nitro benzene ring substituents is 1. The second-order valence-electron chi connectivity index (χ2n) is 5.43. The molecule has 118 valence electrons. The predicted octanol–water partition coefficient (Wildman–Crippen LogP) is 2.94. The van der Waals surface area contributed by atoms with Gasteiger partial charge in [-0.1, -0.05) is 12.1 Å². The molecule has 0 amide bonds. The maximum absolute atomic E-state index is 11.4. The summed E-state index contributed by atoms with van der Waals surface area (Å²) in [7, 11) is 1.36. The molecule has 0 atom stereocenters. The van der Waals surface area contributed by atoms with Crippen molar-refractivity contribution in [3.63, 3.8) is 0 Å². The summed E-state index contributed by atoms with van der Waals surface area (Å²) in [5.41, 5.74) is 3.77. The smallest absolute Gasteiger partial charge is 0.337 e. The van der Waals surface area contributed by atoms with E-state index in [0.29, 0.717) is 12.1 Å². The molecule has 0 saturated heterocycles. The van der Waals surface area contributed by atoms with Gasteiger partial charge >= 0.3 is 5.97 Å². The van der Waals surface area contributed by atoms with E-state index in [0.717, 1.165) is 29.8 Å². The first-order chi connectivity index (χ1) is 11.1. The van der Waals surface area contributed by atoms with Gasteiger partial charge in [0, 0.05) is 30.9 Å². The average molecular weight is 312 g/mol. The SMILES string of the molecule is COC(=O)c1ccc(CN2CCc3cc([N+](=O)[O-])ccc32)cc1. The highest BCUT2D eigenvalue weighted by Gasteiger charge is 2.21. The number of carbonyl (C=O) groups is 1. The molecule has 6 heteroatoms. The number of hydrogen-bond acceptors (Lipinski definition) is 5. The van der Waals surface area contributed by atoms with E-state index in [-0.39, 0.29) is 16.6 Å². The number of carbonyl (C=O) groups excluding carboxylic acids is 1. The molecule has 23 heavy (non-hydrogen) atoms. The van der Waals surface area contributed by atoms with Gasteiger partial charge in [0.25, 0.3) is 5.69 Å². The van der Waals surface area contributed by atoms with Crippen LogP contribution in [0.2, 0.25) is 0 Å². The van der Waals surface area contributed by atoms with Gasteiger partial charge < -0.3 is 9.64 Å². The Morgan fingerprint density at radius 1 is 1.26 bits per heavy atom. The molecule has 1 heterocycles. The lowest BCUT2D eigenvalue weighted by Crippen LogP contribution is -2.19. The molecule has 2 aromatic carbocycles. The van der Waals surface area contributed by atoms with Crippen molar-refractivity contribution in [2.45, 2.75) is 13.0 Å².